The molecule has 0 saturated carbocycles. The van der Waals surface area contributed by atoms with Crippen LogP contribution in [0.25, 0.3) is 0 Å². The summed E-state index contributed by atoms with van der Waals surface area (Å²) in [6.45, 7) is 5.17. The molecule has 1 aliphatic rings. The number of aryl methyl sites for hydroxylation is 1. The Balaban J connectivity index is 1.98. The molecule has 1 aromatic rings. The lowest BCUT2D eigenvalue weighted by atomic mass is 10.0. The van der Waals surface area contributed by atoms with Crippen molar-refractivity contribution in [1.29, 1.82) is 0 Å². The van der Waals surface area contributed by atoms with Gasteiger partial charge in [0.25, 0.3) is 0 Å². The second-order valence-corrected chi connectivity index (χ2v) is 5.18. The molecule has 19 heavy (non-hydrogen) atoms. The Morgan fingerprint density at radius 1 is 1.42 bits per heavy atom. The fourth-order valence-electron chi connectivity index (χ4n) is 2.44. The predicted molar refractivity (Wildman–Crippen MR) is 74.9 cm³/mol. The predicted octanol–water partition coefficient (Wildman–Crippen LogP) is 1.41. The summed E-state index contributed by atoms with van der Waals surface area (Å²) in [5.74, 6) is -0.0388. The normalized spacial score (nSPS) is 24.2. The van der Waals surface area contributed by atoms with Gasteiger partial charge in [-0.3, -0.25) is 4.79 Å². The molecule has 1 heterocycles. The highest BCUT2D eigenvalue weighted by Crippen LogP contribution is 2.18. The van der Waals surface area contributed by atoms with E-state index in [0.29, 0.717) is 13.2 Å². The number of carbonyl (C=O) groups excluding carboxylic acids is 1. The maximum absolute atomic E-state index is 12.3. The fourth-order valence-corrected chi connectivity index (χ4v) is 2.44. The summed E-state index contributed by atoms with van der Waals surface area (Å²) in [4.78, 5) is 12.3. The Bertz CT molecular complexity index is 448. The van der Waals surface area contributed by atoms with Crippen molar-refractivity contribution >= 4 is 5.91 Å². The lowest BCUT2D eigenvalue weighted by Crippen LogP contribution is -2.43. The second-order valence-electron chi connectivity index (χ2n) is 5.18. The van der Waals surface area contributed by atoms with Gasteiger partial charge in [0, 0.05) is 6.04 Å². The number of benzene rings is 1. The van der Waals surface area contributed by atoms with E-state index in [9.17, 15) is 4.79 Å². The molecular formula is C15H22N2O2. The van der Waals surface area contributed by atoms with E-state index >= 15 is 0 Å². The minimum Gasteiger partial charge on any atom is -0.379 e. The molecule has 0 aromatic heterocycles. The van der Waals surface area contributed by atoms with E-state index in [4.69, 9.17) is 4.74 Å². The van der Waals surface area contributed by atoms with Crippen molar-refractivity contribution < 1.29 is 9.53 Å². The Kier molecular flexibility index (Phi) is 4.56. The van der Waals surface area contributed by atoms with Gasteiger partial charge in [-0.1, -0.05) is 29.8 Å². The molecule has 1 aromatic carbocycles. The zero-order chi connectivity index (χ0) is 13.8. The maximum Gasteiger partial charge on any atom is 0.227 e. The van der Waals surface area contributed by atoms with Crippen LogP contribution >= 0.6 is 0 Å². The molecule has 0 spiro atoms. The molecular weight excluding hydrogens is 240 g/mol. The fraction of sp³-hybridized carbons (Fsp3) is 0.533. The van der Waals surface area contributed by atoms with E-state index in [2.05, 4.69) is 29.7 Å². The van der Waals surface area contributed by atoms with E-state index in [0.717, 1.165) is 5.56 Å². The number of hydrogen-bond acceptors (Lipinski definition) is 3. The molecule has 1 amide bonds. The van der Waals surface area contributed by atoms with Crippen LogP contribution in [0.3, 0.4) is 0 Å². The summed E-state index contributed by atoms with van der Waals surface area (Å²) in [5.41, 5.74) is 2.34. The maximum atomic E-state index is 12.3. The molecule has 3 atom stereocenters. The molecule has 0 bridgehead atoms. The van der Waals surface area contributed by atoms with Crippen molar-refractivity contribution in [2.75, 3.05) is 20.3 Å². The van der Waals surface area contributed by atoms with Crippen molar-refractivity contribution in [2.24, 2.45) is 5.92 Å². The summed E-state index contributed by atoms with van der Waals surface area (Å²) in [5, 5.41) is 6.20. The van der Waals surface area contributed by atoms with E-state index in [1.54, 1.807) is 0 Å². The van der Waals surface area contributed by atoms with Crippen molar-refractivity contribution in [1.82, 2.24) is 10.6 Å². The number of hydrogen-bond donors (Lipinski definition) is 2. The van der Waals surface area contributed by atoms with Crippen LogP contribution in [-0.2, 0) is 9.53 Å². The van der Waals surface area contributed by atoms with Gasteiger partial charge >= 0.3 is 0 Å². The largest absolute Gasteiger partial charge is 0.379 e. The topological polar surface area (TPSA) is 50.4 Å². The SMILES string of the molecule is CNC1COCC1C(=O)N[C@H](C)c1cccc(C)c1. The molecule has 2 N–H and O–H groups in total. The summed E-state index contributed by atoms with van der Waals surface area (Å²) < 4.78 is 5.36. The first-order valence-corrected chi connectivity index (χ1v) is 6.73. The van der Waals surface area contributed by atoms with Gasteiger partial charge in [-0.05, 0) is 26.5 Å². The van der Waals surface area contributed by atoms with Gasteiger partial charge in [-0.25, -0.2) is 0 Å². The third kappa shape index (κ3) is 3.33. The van der Waals surface area contributed by atoms with Crippen LogP contribution in [0.2, 0.25) is 0 Å². The van der Waals surface area contributed by atoms with E-state index < -0.39 is 0 Å². The van der Waals surface area contributed by atoms with Gasteiger partial charge in [0.1, 0.15) is 0 Å². The minimum absolute atomic E-state index is 0.0190. The highest BCUT2D eigenvalue weighted by Gasteiger charge is 2.33. The monoisotopic (exact) mass is 262 g/mol. The van der Waals surface area contributed by atoms with Gasteiger partial charge in [0.05, 0.1) is 25.2 Å². The van der Waals surface area contributed by atoms with Crippen LogP contribution < -0.4 is 10.6 Å². The van der Waals surface area contributed by atoms with Gasteiger partial charge in [-0.15, -0.1) is 0 Å². The van der Waals surface area contributed by atoms with Crippen LogP contribution in [0.5, 0.6) is 0 Å². The lowest BCUT2D eigenvalue weighted by molar-refractivity contribution is -0.126. The average Bonchev–Trinajstić information content (AvgIpc) is 2.87. The Labute approximate surface area is 114 Å². The quantitative estimate of drug-likeness (QED) is 0.862. The second kappa shape index (κ2) is 6.17. The lowest BCUT2D eigenvalue weighted by Gasteiger charge is -2.20. The van der Waals surface area contributed by atoms with Crippen molar-refractivity contribution in [3.63, 3.8) is 0 Å². The molecule has 4 nitrogen and oxygen atoms in total. The van der Waals surface area contributed by atoms with Gasteiger partial charge in [0.2, 0.25) is 5.91 Å². The molecule has 0 aliphatic carbocycles. The molecule has 104 valence electrons. The number of rotatable bonds is 4. The smallest absolute Gasteiger partial charge is 0.227 e. The summed E-state index contributed by atoms with van der Waals surface area (Å²) in [6, 6.07) is 8.35. The zero-order valence-electron chi connectivity index (χ0n) is 11.8. The summed E-state index contributed by atoms with van der Waals surface area (Å²) in [7, 11) is 1.86. The highest BCUT2D eigenvalue weighted by atomic mass is 16.5. The minimum atomic E-state index is -0.0998. The van der Waals surface area contributed by atoms with Gasteiger partial charge in [0.15, 0.2) is 0 Å². The Morgan fingerprint density at radius 2 is 2.21 bits per heavy atom. The number of nitrogens with one attached hydrogen (secondary N) is 2. The molecule has 1 aliphatic heterocycles. The number of amides is 1. The molecule has 1 saturated heterocycles. The van der Waals surface area contributed by atoms with Crippen LogP contribution in [0.4, 0.5) is 0 Å². The number of carbonyl (C=O) groups is 1. The van der Waals surface area contributed by atoms with E-state index in [1.165, 1.54) is 5.56 Å². The highest BCUT2D eigenvalue weighted by molar-refractivity contribution is 5.80. The summed E-state index contributed by atoms with van der Waals surface area (Å²) in [6.07, 6.45) is 0. The number of ether oxygens (including phenoxy) is 1. The van der Waals surface area contributed by atoms with Crippen molar-refractivity contribution in [3.8, 4) is 0 Å². The van der Waals surface area contributed by atoms with Crippen LogP contribution in [-0.4, -0.2) is 32.2 Å². The van der Waals surface area contributed by atoms with Gasteiger partial charge in [-0.2, -0.15) is 0 Å². The van der Waals surface area contributed by atoms with Gasteiger partial charge < -0.3 is 15.4 Å². The Hall–Kier alpha value is -1.39. The number of likely N-dealkylation sites (N-methyl/N-ethyl adjacent to an activating group) is 1. The molecule has 1 fully saturated rings. The molecule has 0 radical (unpaired) electrons. The third-order valence-corrected chi connectivity index (χ3v) is 3.69. The first kappa shape index (κ1) is 14.0. The molecule has 4 heteroatoms. The standard InChI is InChI=1S/C15H22N2O2/c1-10-5-4-6-12(7-10)11(2)17-15(18)13-8-19-9-14(13)16-3/h4-7,11,13-14,16H,8-9H2,1-3H3,(H,17,18)/t11-,13?,14?/m1/s1. The zero-order valence-corrected chi connectivity index (χ0v) is 11.8. The van der Waals surface area contributed by atoms with Crippen molar-refractivity contribution in [2.45, 2.75) is 25.9 Å². The average molecular weight is 262 g/mol. The van der Waals surface area contributed by atoms with Crippen LogP contribution in [0.1, 0.15) is 24.1 Å². The van der Waals surface area contributed by atoms with Crippen molar-refractivity contribution in [3.05, 3.63) is 35.4 Å². The first-order valence-electron chi connectivity index (χ1n) is 6.73. The molecule has 2 unspecified atom stereocenters. The first-order chi connectivity index (χ1) is 9.11. The van der Waals surface area contributed by atoms with E-state index in [-0.39, 0.29) is 23.9 Å². The third-order valence-electron chi connectivity index (χ3n) is 3.69. The summed E-state index contributed by atoms with van der Waals surface area (Å²) >= 11 is 0. The van der Waals surface area contributed by atoms with E-state index in [1.807, 2.05) is 26.1 Å². The van der Waals surface area contributed by atoms with Crippen LogP contribution in [0, 0.1) is 12.8 Å². The van der Waals surface area contributed by atoms with Crippen LogP contribution in [0.15, 0.2) is 24.3 Å². The molecule has 2 rings (SSSR count). The Morgan fingerprint density at radius 3 is 2.89 bits per heavy atom.